The van der Waals surface area contributed by atoms with E-state index in [2.05, 4.69) is 191 Å². The molecule has 0 unspecified atom stereocenters. The van der Waals surface area contributed by atoms with E-state index in [4.69, 9.17) is 9.97 Å². The fourth-order valence-corrected chi connectivity index (χ4v) is 11.3. The highest BCUT2D eigenvalue weighted by molar-refractivity contribution is 7.26. The maximum atomic E-state index is 5.66. The van der Waals surface area contributed by atoms with E-state index in [0.717, 1.165) is 44.0 Å². The van der Waals surface area contributed by atoms with Crippen molar-refractivity contribution in [1.82, 2.24) is 18.9 Å². The molecule has 0 radical (unpaired) electrons. The molecule has 5 heterocycles. The number of nitrogens with zero attached hydrogens (tertiary/aromatic N) is 4. The van der Waals surface area contributed by atoms with E-state index in [1.807, 2.05) is 11.3 Å². The van der Waals surface area contributed by atoms with Crippen molar-refractivity contribution in [2.24, 2.45) is 0 Å². The summed E-state index contributed by atoms with van der Waals surface area (Å²) in [5.74, 6) is 0.667. The summed E-state index contributed by atoms with van der Waals surface area (Å²) in [6, 6.07) is 66.2. The monoisotopic (exact) mass is 766 g/mol. The number of benzene rings is 9. The Kier molecular flexibility index (Phi) is 6.14. The van der Waals surface area contributed by atoms with Crippen LogP contribution in [0.4, 0.5) is 0 Å². The van der Waals surface area contributed by atoms with Gasteiger partial charge in [0.2, 0.25) is 5.95 Å². The zero-order valence-electron chi connectivity index (χ0n) is 31.5. The van der Waals surface area contributed by atoms with Gasteiger partial charge in [0.1, 0.15) is 0 Å². The van der Waals surface area contributed by atoms with Crippen LogP contribution in [0.1, 0.15) is 0 Å². The predicted octanol–water partition coefficient (Wildman–Crippen LogP) is 14.7. The van der Waals surface area contributed by atoms with E-state index < -0.39 is 0 Å². The van der Waals surface area contributed by atoms with Crippen LogP contribution in [-0.4, -0.2) is 18.9 Å². The van der Waals surface area contributed by atoms with Gasteiger partial charge in [-0.05, 0) is 58.3 Å². The molecule has 0 saturated heterocycles. The maximum absolute atomic E-state index is 5.66. The summed E-state index contributed by atoms with van der Waals surface area (Å²) in [5.41, 5.74) is 11.2. The molecule has 0 N–H and O–H groups in total. The summed E-state index contributed by atoms with van der Waals surface area (Å²) >= 11 is 1.86. The molecule has 0 amide bonds. The fraction of sp³-hybridized carbons (Fsp3) is 0. The highest BCUT2D eigenvalue weighted by atomic mass is 32.1. The van der Waals surface area contributed by atoms with Gasteiger partial charge in [-0.25, -0.2) is 9.97 Å². The molecule has 0 bridgehead atoms. The average molecular weight is 767 g/mol. The number of thiophene rings is 1. The third-order valence-corrected chi connectivity index (χ3v) is 13.8. The van der Waals surface area contributed by atoms with Crippen LogP contribution >= 0.6 is 11.3 Å². The van der Waals surface area contributed by atoms with Gasteiger partial charge in [-0.2, -0.15) is 0 Å². The Morgan fingerprint density at radius 3 is 1.93 bits per heavy atom. The Morgan fingerprint density at radius 1 is 0.390 bits per heavy atom. The molecule has 4 nitrogen and oxygen atoms in total. The van der Waals surface area contributed by atoms with Crippen LogP contribution in [0.2, 0.25) is 0 Å². The fourth-order valence-electron chi connectivity index (χ4n) is 10.1. The first kappa shape index (κ1) is 31.5. The third kappa shape index (κ3) is 4.16. The second-order valence-corrected chi connectivity index (χ2v) is 16.7. The lowest BCUT2D eigenvalue weighted by molar-refractivity contribution is 1.02. The van der Waals surface area contributed by atoms with Crippen LogP contribution in [0, 0.1) is 0 Å². The molecule has 0 aliphatic carbocycles. The Morgan fingerprint density at radius 2 is 1.05 bits per heavy atom. The van der Waals surface area contributed by atoms with Gasteiger partial charge in [0.15, 0.2) is 0 Å². The van der Waals surface area contributed by atoms with Crippen LogP contribution in [0.25, 0.3) is 130 Å². The molecule has 0 spiro atoms. The van der Waals surface area contributed by atoms with E-state index in [-0.39, 0.29) is 0 Å². The Labute approximate surface area is 340 Å². The Balaban J connectivity index is 1.20. The van der Waals surface area contributed by atoms with Gasteiger partial charge in [-0.3, -0.25) is 4.57 Å². The minimum Gasteiger partial charge on any atom is -0.308 e. The van der Waals surface area contributed by atoms with E-state index in [0.29, 0.717) is 5.95 Å². The summed E-state index contributed by atoms with van der Waals surface area (Å²) in [6.45, 7) is 0. The maximum Gasteiger partial charge on any atom is 0.235 e. The molecule has 9 aromatic carbocycles. The second kappa shape index (κ2) is 11.5. The largest absolute Gasteiger partial charge is 0.308 e. The van der Waals surface area contributed by atoms with Crippen molar-refractivity contribution >= 4 is 113 Å². The summed E-state index contributed by atoms with van der Waals surface area (Å²) in [7, 11) is 0. The van der Waals surface area contributed by atoms with Gasteiger partial charge in [-0.1, -0.05) is 146 Å². The SMILES string of the molecule is c1ccc(-c2ccc(-c3nc(-n4c5cccc6c5c5c(cc7c8ccccc8sc7c54)c4cccc5c7ccccc7n6c45)nc4c3ccc3ccccc34)cc2)cc1. The number of aromatic nitrogens is 4. The number of hydrogen-bond acceptors (Lipinski definition) is 3. The molecule has 0 saturated carbocycles. The minimum atomic E-state index is 0.667. The van der Waals surface area contributed by atoms with Gasteiger partial charge in [0.25, 0.3) is 0 Å². The van der Waals surface area contributed by atoms with E-state index in [9.17, 15) is 0 Å². The summed E-state index contributed by atoms with van der Waals surface area (Å²) in [4.78, 5) is 11.3. The second-order valence-electron chi connectivity index (χ2n) is 15.7. The zero-order valence-corrected chi connectivity index (χ0v) is 32.3. The highest BCUT2D eigenvalue weighted by Crippen LogP contribution is 2.49. The van der Waals surface area contributed by atoms with Crippen LogP contribution in [0.15, 0.2) is 182 Å². The Bertz CT molecular complexity index is 4060. The van der Waals surface area contributed by atoms with Gasteiger partial charge in [0, 0.05) is 58.7 Å². The Hall–Kier alpha value is -7.60. The molecule has 0 fully saturated rings. The molecular weight excluding hydrogens is 737 g/mol. The van der Waals surface area contributed by atoms with Crippen molar-refractivity contribution in [2.75, 3.05) is 0 Å². The van der Waals surface area contributed by atoms with E-state index >= 15 is 0 Å². The topological polar surface area (TPSA) is 35.1 Å². The molecule has 59 heavy (non-hydrogen) atoms. The first-order valence-electron chi connectivity index (χ1n) is 20.1. The lowest BCUT2D eigenvalue weighted by Gasteiger charge is -2.14. The van der Waals surface area contributed by atoms with Crippen molar-refractivity contribution in [2.45, 2.75) is 0 Å². The summed E-state index contributed by atoms with van der Waals surface area (Å²) in [6.07, 6.45) is 0. The highest BCUT2D eigenvalue weighted by Gasteiger charge is 2.27. The van der Waals surface area contributed by atoms with E-state index in [1.165, 1.54) is 80.2 Å². The van der Waals surface area contributed by atoms with Crippen molar-refractivity contribution in [3.05, 3.63) is 182 Å². The number of hydrogen-bond donors (Lipinski definition) is 0. The van der Waals surface area contributed by atoms with Gasteiger partial charge >= 0.3 is 0 Å². The normalized spacial score (nSPS) is 12.4. The molecule has 0 aliphatic heterocycles. The molecule has 0 aliphatic rings. The van der Waals surface area contributed by atoms with Gasteiger partial charge in [0.05, 0.1) is 43.5 Å². The zero-order chi connectivity index (χ0) is 38.3. The molecule has 5 aromatic heterocycles. The van der Waals surface area contributed by atoms with Crippen LogP contribution in [0.3, 0.4) is 0 Å². The van der Waals surface area contributed by atoms with Crippen molar-refractivity contribution < 1.29 is 0 Å². The molecular formula is C54H30N4S. The predicted molar refractivity (Wildman–Crippen MR) is 250 cm³/mol. The third-order valence-electron chi connectivity index (χ3n) is 12.6. The van der Waals surface area contributed by atoms with Crippen LogP contribution in [-0.2, 0) is 0 Å². The first-order valence-corrected chi connectivity index (χ1v) is 20.9. The first-order chi connectivity index (χ1) is 29.3. The lowest BCUT2D eigenvalue weighted by Crippen LogP contribution is -2.04. The summed E-state index contributed by atoms with van der Waals surface area (Å²) < 4.78 is 7.40. The van der Waals surface area contributed by atoms with E-state index in [1.54, 1.807) is 0 Å². The number of fused-ring (bicyclic) bond motifs is 12. The van der Waals surface area contributed by atoms with Crippen molar-refractivity contribution in [3.63, 3.8) is 0 Å². The molecule has 272 valence electrons. The standard InChI is InChI=1S/C54H30N4S/c1-2-12-31(13-3-1)32-24-26-34(27-25-32)49-40-29-28-33-14-4-5-15-35(33)50(40)56-54(55-49)58-45-22-11-21-44-48(45)47-41(30-42-37-17-7-9-23-46(37)59-53(42)52(47)58)39-19-10-18-38-36-16-6-8-20-43(36)57(44)51(38)39/h1-30H. The molecule has 14 rings (SSSR count). The van der Waals surface area contributed by atoms with Crippen molar-refractivity contribution in [3.8, 4) is 28.3 Å². The molecule has 0 atom stereocenters. The number of para-hydroxylation sites is 2. The summed E-state index contributed by atoms with van der Waals surface area (Å²) in [5, 5.41) is 13.3. The lowest BCUT2D eigenvalue weighted by atomic mass is 9.99. The molecule has 5 heteroatoms. The van der Waals surface area contributed by atoms with Crippen molar-refractivity contribution in [1.29, 1.82) is 0 Å². The number of rotatable bonds is 3. The average Bonchev–Trinajstić information content (AvgIpc) is 3.94. The van der Waals surface area contributed by atoms with Gasteiger partial charge < -0.3 is 4.40 Å². The van der Waals surface area contributed by atoms with Gasteiger partial charge in [-0.15, -0.1) is 11.3 Å². The van der Waals surface area contributed by atoms with Crippen LogP contribution < -0.4 is 0 Å². The molecule has 14 aromatic rings. The quantitative estimate of drug-likeness (QED) is 0.168. The smallest absolute Gasteiger partial charge is 0.235 e. The minimum absolute atomic E-state index is 0.667. The van der Waals surface area contributed by atoms with Crippen LogP contribution in [0.5, 0.6) is 0 Å².